The molecule has 1 aliphatic heterocycles. The van der Waals surface area contributed by atoms with E-state index in [0.29, 0.717) is 0 Å². The normalized spacial score (nSPS) is 17.5. The molecule has 1 unspecified atom stereocenters. The Morgan fingerprint density at radius 2 is 2.12 bits per heavy atom. The second kappa shape index (κ2) is 7.18. The molecule has 3 rings (SSSR count). The molecule has 3 heterocycles. The molecule has 132 valence electrons. The van der Waals surface area contributed by atoms with Crippen LogP contribution < -0.4 is 21.9 Å². The van der Waals surface area contributed by atoms with Crippen molar-refractivity contribution in [1.29, 1.82) is 0 Å². The van der Waals surface area contributed by atoms with Crippen LogP contribution in [0.2, 0.25) is 0 Å². The molecule has 1 fully saturated rings. The monoisotopic (exact) mass is 356 g/mol. The maximum absolute atomic E-state index is 12.3. The summed E-state index contributed by atoms with van der Waals surface area (Å²) in [6.07, 6.45) is 3.39. The highest BCUT2D eigenvalue weighted by Crippen LogP contribution is 2.06. The van der Waals surface area contributed by atoms with Crippen LogP contribution in [-0.2, 0) is 25.4 Å². The first-order valence-corrected chi connectivity index (χ1v) is 7.60. The van der Waals surface area contributed by atoms with Crippen LogP contribution in [0.15, 0.2) is 15.9 Å². The largest absolute Gasteiger partial charge is 0.351 e. The van der Waals surface area contributed by atoms with Crippen molar-refractivity contribution in [2.45, 2.75) is 25.4 Å². The molecule has 0 aromatic carbocycles. The predicted molar refractivity (Wildman–Crippen MR) is 91.5 cm³/mol. The lowest BCUT2D eigenvalue weighted by Crippen LogP contribution is -2.46. The number of fused-ring (bicyclic) bond motifs is 1. The van der Waals surface area contributed by atoms with Gasteiger partial charge in [-0.25, -0.2) is 9.78 Å². The van der Waals surface area contributed by atoms with Gasteiger partial charge >= 0.3 is 5.69 Å². The van der Waals surface area contributed by atoms with Crippen molar-refractivity contribution in [3.05, 3.63) is 27.2 Å². The number of carbonyl (C=O) groups is 1. The Bertz CT molecular complexity index is 862. The van der Waals surface area contributed by atoms with E-state index in [1.54, 1.807) is 7.05 Å². The summed E-state index contributed by atoms with van der Waals surface area (Å²) in [4.78, 5) is 40.5. The van der Waals surface area contributed by atoms with Gasteiger partial charge in [0.1, 0.15) is 6.54 Å². The molecule has 2 aromatic rings. The van der Waals surface area contributed by atoms with Crippen LogP contribution in [0, 0.1) is 0 Å². The van der Waals surface area contributed by atoms with E-state index in [1.807, 2.05) is 0 Å². The lowest BCUT2D eigenvalue weighted by Gasteiger charge is -2.23. The van der Waals surface area contributed by atoms with Gasteiger partial charge in [-0.3, -0.25) is 18.7 Å². The van der Waals surface area contributed by atoms with Crippen LogP contribution in [0.4, 0.5) is 0 Å². The molecule has 0 spiro atoms. The summed E-state index contributed by atoms with van der Waals surface area (Å²) in [5.74, 6) is -0.172. The molecule has 0 bridgehead atoms. The maximum atomic E-state index is 12.3. The van der Waals surface area contributed by atoms with Gasteiger partial charge in [-0.1, -0.05) is 0 Å². The van der Waals surface area contributed by atoms with Crippen molar-refractivity contribution in [1.82, 2.24) is 29.3 Å². The molecule has 1 aliphatic rings. The van der Waals surface area contributed by atoms with Crippen molar-refractivity contribution >= 4 is 29.5 Å². The van der Waals surface area contributed by atoms with E-state index in [9.17, 15) is 14.4 Å². The Morgan fingerprint density at radius 3 is 2.79 bits per heavy atom. The highest BCUT2D eigenvalue weighted by molar-refractivity contribution is 5.85. The van der Waals surface area contributed by atoms with E-state index in [4.69, 9.17) is 0 Å². The predicted octanol–water partition coefficient (Wildman–Crippen LogP) is -1.28. The molecular formula is C14H21ClN6O3. The lowest BCUT2D eigenvalue weighted by molar-refractivity contribution is -0.122. The fourth-order valence-electron chi connectivity index (χ4n) is 2.92. The SMILES string of the molecule is Cl.Cn1c(=O)c2c(ncn2CC(=O)NC2CCCNC2)n(C)c1=O. The first-order chi connectivity index (χ1) is 11.0. The molecule has 9 nitrogen and oxygen atoms in total. The molecule has 1 atom stereocenters. The van der Waals surface area contributed by atoms with Gasteiger partial charge < -0.3 is 15.2 Å². The first-order valence-electron chi connectivity index (χ1n) is 7.60. The van der Waals surface area contributed by atoms with E-state index >= 15 is 0 Å². The highest BCUT2D eigenvalue weighted by Gasteiger charge is 2.18. The summed E-state index contributed by atoms with van der Waals surface area (Å²) in [5.41, 5.74) is -0.352. The van der Waals surface area contributed by atoms with Gasteiger partial charge in [0, 0.05) is 26.7 Å². The van der Waals surface area contributed by atoms with Crippen molar-refractivity contribution in [3.8, 4) is 0 Å². The maximum Gasteiger partial charge on any atom is 0.332 e. The van der Waals surface area contributed by atoms with E-state index in [0.717, 1.165) is 30.5 Å². The van der Waals surface area contributed by atoms with Crippen LogP contribution in [0.5, 0.6) is 0 Å². The van der Waals surface area contributed by atoms with Gasteiger partial charge in [0.2, 0.25) is 5.91 Å². The third-order valence-electron chi connectivity index (χ3n) is 4.19. The first kappa shape index (κ1) is 18.2. The Labute approximate surface area is 144 Å². The molecule has 1 saturated heterocycles. The summed E-state index contributed by atoms with van der Waals surface area (Å²) in [6, 6.07) is 0.109. The summed E-state index contributed by atoms with van der Waals surface area (Å²) >= 11 is 0. The molecule has 0 radical (unpaired) electrons. The second-order valence-electron chi connectivity index (χ2n) is 5.86. The minimum atomic E-state index is -0.451. The van der Waals surface area contributed by atoms with Gasteiger partial charge in [-0.2, -0.15) is 0 Å². The van der Waals surface area contributed by atoms with Crippen LogP contribution in [0.1, 0.15) is 12.8 Å². The van der Waals surface area contributed by atoms with Crippen molar-refractivity contribution < 1.29 is 4.79 Å². The number of nitrogens with zero attached hydrogens (tertiary/aromatic N) is 4. The zero-order chi connectivity index (χ0) is 16.6. The van der Waals surface area contributed by atoms with Crippen molar-refractivity contribution in [3.63, 3.8) is 0 Å². The van der Waals surface area contributed by atoms with Gasteiger partial charge in [0.05, 0.1) is 6.33 Å². The van der Waals surface area contributed by atoms with Crippen LogP contribution in [0.3, 0.4) is 0 Å². The third kappa shape index (κ3) is 3.22. The minimum Gasteiger partial charge on any atom is -0.351 e. The summed E-state index contributed by atoms with van der Waals surface area (Å²) in [5, 5.41) is 6.19. The molecule has 10 heteroatoms. The van der Waals surface area contributed by atoms with Gasteiger partial charge in [-0.15, -0.1) is 12.4 Å². The quantitative estimate of drug-likeness (QED) is 0.713. The molecule has 0 aliphatic carbocycles. The van der Waals surface area contributed by atoms with E-state index in [1.165, 1.54) is 22.5 Å². The zero-order valence-corrected chi connectivity index (χ0v) is 14.4. The standard InChI is InChI=1S/C14H20N6O3.ClH/c1-18-12-11(13(22)19(2)14(18)23)20(8-16-12)7-10(21)17-9-4-3-5-15-6-9;/h8-9,15H,3-7H2,1-2H3,(H,17,21);1H. The number of aromatic nitrogens is 4. The van der Waals surface area contributed by atoms with Crippen molar-refractivity contribution in [2.75, 3.05) is 13.1 Å². The number of nitrogens with one attached hydrogen (secondary N) is 2. The second-order valence-corrected chi connectivity index (χ2v) is 5.86. The highest BCUT2D eigenvalue weighted by atomic mass is 35.5. The Morgan fingerprint density at radius 1 is 1.38 bits per heavy atom. The molecular weight excluding hydrogens is 336 g/mol. The van der Waals surface area contributed by atoms with E-state index in [-0.39, 0.29) is 42.1 Å². The number of aryl methyl sites for hydroxylation is 1. The number of hydrogen-bond acceptors (Lipinski definition) is 5. The Balaban J connectivity index is 0.00000208. The summed E-state index contributed by atoms with van der Waals surface area (Å²) in [7, 11) is 2.96. The molecule has 24 heavy (non-hydrogen) atoms. The average molecular weight is 357 g/mol. The van der Waals surface area contributed by atoms with E-state index in [2.05, 4.69) is 15.6 Å². The smallest absolute Gasteiger partial charge is 0.332 e. The van der Waals surface area contributed by atoms with Gasteiger partial charge in [0.25, 0.3) is 5.56 Å². The van der Waals surface area contributed by atoms with Crippen LogP contribution in [-0.4, -0.2) is 43.7 Å². The Hall–Kier alpha value is -2.13. The van der Waals surface area contributed by atoms with E-state index < -0.39 is 11.2 Å². The number of carbonyl (C=O) groups excluding carboxylic acids is 1. The fraction of sp³-hybridized carbons (Fsp3) is 0.571. The lowest BCUT2D eigenvalue weighted by atomic mass is 10.1. The minimum absolute atomic E-state index is 0. The van der Waals surface area contributed by atoms with Gasteiger partial charge in [0.15, 0.2) is 11.2 Å². The number of rotatable bonds is 3. The molecule has 2 aromatic heterocycles. The fourth-order valence-corrected chi connectivity index (χ4v) is 2.92. The number of hydrogen-bond donors (Lipinski definition) is 2. The summed E-state index contributed by atoms with van der Waals surface area (Å²) < 4.78 is 3.81. The number of amides is 1. The van der Waals surface area contributed by atoms with Crippen LogP contribution in [0.25, 0.3) is 11.2 Å². The summed E-state index contributed by atoms with van der Waals surface area (Å²) in [6.45, 7) is 1.73. The molecule has 2 N–H and O–H groups in total. The van der Waals surface area contributed by atoms with Crippen molar-refractivity contribution in [2.24, 2.45) is 14.1 Å². The Kier molecular flexibility index (Phi) is 5.45. The van der Waals surface area contributed by atoms with Crippen LogP contribution >= 0.6 is 12.4 Å². The molecule has 1 amide bonds. The third-order valence-corrected chi connectivity index (χ3v) is 4.19. The number of imidazole rings is 1. The zero-order valence-electron chi connectivity index (χ0n) is 13.6. The number of halogens is 1. The van der Waals surface area contributed by atoms with Gasteiger partial charge in [-0.05, 0) is 19.4 Å². The number of piperidine rings is 1. The average Bonchev–Trinajstić information content (AvgIpc) is 2.95. The molecule has 0 saturated carbocycles. The topological polar surface area (TPSA) is 103 Å².